The number of aryl methyl sites for hydroxylation is 1. The smallest absolute Gasteiger partial charge is 0.243 e. The molecule has 0 aliphatic heterocycles. The van der Waals surface area contributed by atoms with Gasteiger partial charge in [0, 0.05) is 49.9 Å². The van der Waals surface area contributed by atoms with Gasteiger partial charge in [0.05, 0.1) is 6.54 Å². The third-order valence-corrected chi connectivity index (χ3v) is 4.45. The van der Waals surface area contributed by atoms with Gasteiger partial charge in [0.15, 0.2) is 0 Å². The van der Waals surface area contributed by atoms with Crippen molar-refractivity contribution in [3.05, 3.63) is 48.0 Å². The molecule has 0 bridgehead atoms. The van der Waals surface area contributed by atoms with Gasteiger partial charge in [0.2, 0.25) is 5.91 Å². The van der Waals surface area contributed by atoms with Crippen LogP contribution in [0.4, 0.5) is 22.7 Å². The fourth-order valence-electron chi connectivity index (χ4n) is 2.83. The van der Waals surface area contributed by atoms with Crippen molar-refractivity contribution in [2.75, 3.05) is 54.2 Å². The van der Waals surface area contributed by atoms with Gasteiger partial charge in [0.1, 0.15) is 0 Å². The summed E-state index contributed by atoms with van der Waals surface area (Å²) in [5, 5.41) is 6.14. The van der Waals surface area contributed by atoms with Gasteiger partial charge in [-0.25, -0.2) is 0 Å². The summed E-state index contributed by atoms with van der Waals surface area (Å²) in [6.07, 6.45) is 0. The van der Waals surface area contributed by atoms with E-state index in [2.05, 4.69) is 41.5 Å². The minimum absolute atomic E-state index is 0.0552. The maximum absolute atomic E-state index is 12.3. The molecule has 140 valence electrons. The Balaban J connectivity index is 1.93. The van der Waals surface area contributed by atoms with Gasteiger partial charge in [0.25, 0.3) is 0 Å². The van der Waals surface area contributed by atoms with Crippen LogP contribution in [0.3, 0.4) is 0 Å². The highest BCUT2D eigenvalue weighted by Crippen LogP contribution is 2.22. The van der Waals surface area contributed by atoms with Crippen LogP contribution < -0.4 is 20.4 Å². The lowest BCUT2D eigenvalue weighted by Crippen LogP contribution is -2.23. The Morgan fingerprint density at radius 1 is 0.962 bits per heavy atom. The van der Waals surface area contributed by atoms with Crippen LogP contribution in [0.2, 0.25) is 0 Å². The zero-order valence-electron chi connectivity index (χ0n) is 16.5. The van der Waals surface area contributed by atoms with E-state index in [0.717, 1.165) is 35.7 Å². The quantitative estimate of drug-likeness (QED) is 0.753. The average Bonchev–Trinajstić information content (AvgIpc) is 2.63. The Kier molecular flexibility index (Phi) is 6.89. The third-order valence-electron chi connectivity index (χ3n) is 4.45. The van der Waals surface area contributed by atoms with Gasteiger partial charge in [-0.15, -0.1) is 0 Å². The first-order valence-corrected chi connectivity index (χ1v) is 9.11. The van der Waals surface area contributed by atoms with Crippen LogP contribution in [0.15, 0.2) is 42.5 Å². The van der Waals surface area contributed by atoms with Gasteiger partial charge < -0.3 is 20.4 Å². The van der Waals surface area contributed by atoms with Crippen molar-refractivity contribution in [3.8, 4) is 0 Å². The Bertz CT molecular complexity index is 721. The summed E-state index contributed by atoms with van der Waals surface area (Å²) >= 11 is 0. The molecule has 1 amide bonds. The van der Waals surface area contributed by atoms with Crippen LogP contribution in [-0.4, -0.2) is 39.6 Å². The van der Waals surface area contributed by atoms with Crippen LogP contribution in [0, 0.1) is 6.92 Å². The molecular weight excluding hydrogens is 324 g/mol. The highest BCUT2D eigenvalue weighted by Gasteiger charge is 2.08. The maximum Gasteiger partial charge on any atom is 0.243 e. The molecule has 0 unspecified atom stereocenters. The predicted octanol–water partition coefficient (Wildman–Crippen LogP) is 3.96. The summed E-state index contributed by atoms with van der Waals surface area (Å²) in [4.78, 5) is 16.6. The van der Waals surface area contributed by atoms with E-state index >= 15 is 0 Å². The van der Waals surface area contributed by atoms with Crippen LogP contribution in [-0.2, 0) is 4.79 Å². The van der Waals surface area contributed by atoms with Gasteiger partial charge in [-0.05, 0) is 68.8 Å². The molecule has 0 fully saturated rings. The lowest BCUT2D eigenvalue weighted by molar-refractivity contribution is -0.114. The van der Waals surface area contributed by atoms with E-state index in [1.54, 1.807) is 0 Å². The largest absolute Gasteiger partial charge is 0.378 e. The van der Waals surface area contributed by atoms with Crippen molar-refractivity contribution in [2.24, 2.45) is 0 Å². The highest BCUT2D eigenvalue weighted by molar-refractivity contribution is 5.94. The molecule has 2 N–H and O–H groups in total. The van der Waals surface area contributed by atoms with Gasteiger partial charge in [-0.1, -0.05) is 0 Å². The summed E-state index contributed by atoms with van der Waals surface area (Å²) < 4.78 is 0. The molecule has 0 radical (unpaired) electrons. The Labute approximate surface area is 157 Å². The molecule has 0 aliphatic rings. The summed E-state index contributed by atoms with van der Waals surface area (Å²) in [5.74, 6) is -0.0552. The minimum Gasteiger partial charge on any atom is -0.378 e. The second-order valence-corrected chi connectivity index (χ2v) is 6.51. The van der Waals surface area contributed by atoms with E-state index in [1.165, 1.54) is 5.69 Å². The van der Waals surface area contributed by atoms with Crippen molar-refractivity contribution in [3.63, 3.8) is 0 Å². The Hall–Kier alpha value is -2.69. The van der Waals surface area contributed by atoms with Crippen LogP contribution in [0.5, 0.6) is 0 Å². The molecule has 0 spiro atoms. The first-order chi connectivity index (χ1) is 12.4. The van der Waals surface area contributed by atoms with E-state index in [9.17, 15) is 4.79 Å². The molecule has 2 aromatic rings. The van der Waals surface area contributed by atoms with Crippen LogP contribution >= 0.6 is 0 Å². The number of nitrogens with zero attached hydrogens (tertiary/aromatic N) is 2. The van der Waals surface area contributed by atoms with Crippen molar-refractivity contribution in [2.45, 2.75) is 20.8 Å². The molecule has 0 saturated carbocycles. The second-order valence-electron chi connectivity index (χ2n) is 6.51. The summed E-state index contributed by atoms with van der Waals surface area (Å²) in [6, 6.07) is 14.2. The van der Waals surface area contributed by atoms with E-state index in [1.807, 2.05) is 56.3 Å². The monoisotopic (exact) mass is 354 g/mol. The lowest BCUT2D eigenvalue weighted by atomic mass is 10.1. The number of amides is 1. The number of rotatable bonds is 8. The number of hydrogen-bond acceptors (Lipinski definition) is 4. The molecule has 0 heterocycles. The normalized spacial score (nSPS) is 10.3. The minimum atomic E-state index is -0.0552. The molecular formula is C21H30N4O. The molecule has 0 saturated heterocycles. The number of carbonyl (C=O) groups is 1. The first-order valence-electron chi connectivity index (χ1n) is 9.11. The zero-order chi connectivity index (χ0) is 19.1. The molecule has 26 heavy (non-hydrogen) atoms. The van der Waals surface area contributed by atoms with Crippen LogP contribution in [0.25, 0.3) is 0 Å². The fraction of sp³-hybridized carbons (Fsp3) is 0.381. The number of benzene rings is 2. The van der Waals surface area contributed by atoms with Gasteiger partial charge >= 0.3 is 0 Å². The molecule has 2 aromatic carbocycles. The SMILES string of the molecule is CCN(CC)c1ccc(NC(=O)CNc2ccc(N(C)C)cc2)c(C)c1. The maximum atomic E-state index is 12.3. The van der Waals surface area contributed by atoms with E-state index in [4.69, 9.17) is 0 Å². The Morgan fingerprint density at radius 3 is 2.12 bits per heavy atom. The van der Waals surface area contributed by atoms with Crippen molar-refractivity contribution >= 4 is 28.7 Å². The topological polar surface area (TPSA) is 47.6 Å². The standard InChI is InChI=1S/C21H30N4O/c1-6-25(7-2)19-12-13-20(16(3)14-19)23-21(26)15-22-17-8-10-18(11-9-17)24(4)5/h8-14,22H,6-7,15H2,1-5H3,(H,23,26). The second kappa shape index (κ2) is 9.13. The van der Waals surface area contributed by atoms with E-state index in [0.29, 0.717) is 0 Å². The van der Waals surface area contributed by atoms with E-state index < -0.39 is 0 Å². The molecule has 5 nitrogen and oxygen atoms in total. The van der Waals surface area contributed by atoms with Gasteiger partial charge in [-0.2, -0.15) is 0 Å². The van der Waals surface area contributed by atoms with Crippen molar-refractivity contribution < 1.29 is 4.79 Å². The highest BCUT2D eigenvalue weighted by atomic mass is 16.1. The number of hydrogen-bond donors (Lipinski definition) is 2. The molecule has 5 heteroatoms. The van der Waals surface area contributed by atoms with Gasteiger partial charge in [-0.3, -0.25) is 4.79 Å². The summed E-state index contributed by atoms with van der Waals surface area (Å²) in [6.45, 7) is 8.49. The molecule has 0 aromatic heterocycles. The Morgan fingerprint density at radius 2 is 1.58 bits per heavy atom. The number of nitrogens with one attached hydrogen (secondary N) is 2. The predicted molar refractivity (Wildman–Crippen MR) is 113 cm³/mol. The number of carbonyl (C=O) groups excluding carboxylic acids is 1. The zero-order valence-corrected chi connectivity index (χ0v) is 16.5. The number of anilines is 4. The van der Waals surface area contributed by atoms with Crippen LogP contribution in [0.1, 0.15) is 19.4 Å². The fourth-order valence-corrected chi connectivity index (χ4v) is 2.83. The lowest BCUT2D eigenvalue weighted by Gasteiger charge is -2.22. The van der Waals surface area contributed by atoms with Crippen molar-refractivity contribution in [1.82, 2.24) is 0 Å². The summed E-state index contributed by atoms with van der Waals surface area (Å²) in [5.41, 5.74) is 5.17. The van der Waals surface area contributed by atoms with Crippen molar-refractivity contribution in [1.29, 1.82) is 0 Å². The summed E-state index contributed by atoms with van der Waals surface area (Å²) in [7, 11) is 4.01. The third kappa shape index (κ3) is 5.15. The average molecular weight is 354 g/mol. The first kappa shape index (κ1) is 19.6. The molecule has 0 aliphatic carbocycles. The van der Waals surface area contributed by atoms with E-state index in [-0.39, 0.29) is 12.5 Å². The molecule has 2 rings (SSSR count). The molecule has 0 atom stereocenters.